The van der Waals surface area contributed by atoms with Gasteiger partial charge in [-0.3, -0.25) is 18.8 Å². The van der Waals surface area contributed by atoms with Crippen molar-refractivity contribution < 1.29 is 14.7 Å². The molecule has 110 valence electrons. The van der Waals surface area contributed by atoms with Crippen LogP contribution in [-0.2, 0) is 4.79 Å². The van der Waals surface area contributed by atoms with Gasteiger partial charge in [-0.05, 0) is 24.6 Å². The highest BCUT2D eigenvalue weighted by atomic mass is 16.4. The Kier molecular flexibility index (Phi) is 4.02. The molecule has 1 atom stereocenters. The Morgan fingerprint density at radius 2 is 2.19 bits per heavy atom. The third-order valence-electron chi connectivity index (χ3n) is 3.10. The van der Waals surface area contributed by atoms with Crippen molar-refractivity contribution in [3.63, 3.8) is 0 Å². The van der Waals surface area contributed by atoms with Gasteiger partial charge in [0.25, 0.3) is 11.5 Å². The average Bonchev–Trinajstić information content (AvgIpc) is 2.44. The number of aliphatic carboxylic acids is 1. The van der Waals surface area contributed by atoms with E-state index in [1.54, 1.807) is 18.3 Å². The zero-order chi connectivity index (χ0) is 15.6. The van der Waals surface area contributed by atoms with Gasteiger partial charge in [-0.1, -0.05) is 6.92 Å². The summed E-state index contributed by atoms with van der Waals surface area (Å²) in [6.45, 7) is 3.29. The molecular weight excluding hydrogens is 274 g/mol. The summed E-state index contributed by atoms with van der Waals surface area (Å²) in [4.78, 5) is 38.9. The molecule has 0 aliphatic rings. The lowest BCUT2D eigenvalue weighted by molar-refractivity contribution is -0.140. The first-order valence-corrected chi connectivity index (χ1v) is 6.39. The molecule has 2 rings (SSSR count). The average molecular weight is 289 g/mol. The van der Waals surface area contributed by atoms with Crippen LogP contribution in [0.1, 0.15) is 22.8 Å². The predicted molar refractivity (Wildman–Crippen MR) is 75.3 cm³/mol. The molecule has 0 saturated heterocycles. The molecule has 7 nitrogen and oxygen atoms in total. The number of carboxylic acid groups (broad SMARTS) is 1. The Morgan fingerprint density at radius 1 is 1.48 bits per heavy atom. The van der Waals surface area contributed by atoms with Gasteiger partial charge in [0.15, 0.2) is 0 Å². The highest BCUT2D eigenvalue weighted by Gasteiger charge is 2.16. The molecule has 0 fully saturated rings. The normalized spacial score (nSPS) is 12.1. The minimum absolute atomic E-state index is 0.0514. The maximum atomic E-state index is 12.2. The maximum absolute atomic E-state index is 12.2. The Labute approximate surface area is 120 Å². The lowest BCUT2D eigenvalue weighted by Gasteiger charge is -2.08. The smallest absolute Gasteiger partial charge is 0.308 e. The number of amides is 1. The summed E-state index contributed by atoms with van der Waals surface area (Å²) in [7, 11) is 0. The monoisotopic (exact) mass is 289 g/mol. The number of hydrogen-bond acceptors (Lipinski definition) is 4. The van der Waals surface area contributed by atoms with Gasteiger partial charge in [0.2, 0.25) is 0 Å². The van der Waals surface area contributed by atoms with Crippen LogP contribution in [0.3, 0.4) is 0 Å². The van der Waals surface area contributed by atoms with Crippen molar-refractivity contribution in [1.82, 2.24) is 14.7 Å². The van der Waals surface area contributed by atoms with E-state index >= 15 is 0 Å². The summed E-state index contributed by atoms with van der Waals surface area (Å²) >= 11 is 0. The summed E-state index contributed by atoms with van der Waals surface area (Å²) in [5, 5.41) is 11.2. The van der Waals surface area contributed by atoms with E-state index in [1.165, 1.54) is 17.5 Å². The van der Waals surface area contributed by atoms with E-state index in [-0.39, 0.29) is 12.1 Å². The third kappa shape index (κ3) is 3.07. The van der Waals surface area contributed by atoms with E-state index < -0.39 is 23.4 Å². The van der Waals surface area contributed by atoms with E-state index in [2.05, 4.69) is 10.3 Å². The topological polar surface area (TPSA) is 101 Å². The minimum Gasteiger partial charge on any atom is -0.481 e. The van der Waals surface area contributed by atoms with Crippen molar-refractivity contribution in [3.05, 3.63) is 46.0 Å². The van der Waals surface area contributed by atoms with Crippen LogP contribution in [0.25, 0.3) is 5.65 Å². The minimum atomic E-state index is -1.01. The Bertz CT molecular complexity index is 766. The van der Waals surface area contributed by atoms with Gasteiger partial charge in [-0.25, -0.2) is 4.98 Å². The van der Waals surface area contributed by atoms with Crippen LogP contribution < -0.4 is 10.9 Å². The van der Waals surface area contributed by atoms with Gasteiger partial charge >= 0.3 is 5.97 Å². The van der Waals surface area contributed by atoms with Gasteiger partial charge in [-0.15, -0.1) is 0 Å². The Hall–Kier alpha value is -2.70. The van der Waals surface area contributed by atoms with Crippen LogP contribution in [0, 0.1) is 12.8 Å². The Morgan fingerprint density at radius 3 is 2.86 bits per heavy atom. The second kappa shape index (κ2) is 5.74. The predicted octanol–water partition coefficient (Wildman–Crippen LogP) is 0.453. The summed E-state index contributed by atoms with van der Waals surface area (Å²) < 4.78 is 1.28. The molecule has 21 heavy (non-hydrogen) atoms. The molecule has 0 bridgehead atoms. The number of fused-ring (bicyclic) bond motifs is 1. The molecule has 2 N–H and O–H groups in total. The van der Waals surface area contributed by atoms with Gasteiger partial charge in [0.1, 0.15) is 11.2 Å². The van der Waals surface area contributed by atoms with Crippen LogP contribution in [-0.4, -0.2) is 32.9 Å². The number of hydrogen-bond donors (Lipinski definition) is 2. The van der Waals surface area contributed by atoms with Gasteiger partial charge in [-0.2, -0.15) is 0 Å². The fourth-order valence-electron chi connectivity index (χ4n) is 1.76. The summed E-state index contributed by atoms with van der Waals surface area (Å²) in [6, 6.07) is 3.47. The van der Waals surface area contributed by atoms with E-state index in [0.29, 0.717) is 5.65 Å². The number of carboxylic acids is 1. The molecule has 0 radical (unpaired) electrons. The number of carbonyl (C=O) groups excluding carboxylic acids is 1. The van der Waals surface area contributed by atoms with Crippen molar-refractivity contribution in [2.75, 3.05) is 6.54 Å². The highest BCUT2D eigenvalue weighted by molar-refractivity contribution is 5.93. The van der Waals surface area contributed by atoms with Crippen LogP contribution >= 0.6 is 0 Å². The molecule has 0 aliphatic heterocycles. The van der Waals surface area contributed by atoms with Crippen molar-refractivity contribution in [1.29, 1.82) is 0 Å². The fraction of sp³-hybridized carbons (Fsp3) is 0.286. The third-order valence-corrected chi connectivity index (χ3v) is 3.10. The standard InChI is InChI=1S/C14H15N3O4/c1-8-3-4-17-11(5-8)15-7-10(13(17)19)12(18)16-6-9(2)14(20)21/h3-5,7,9H,6H2,1-2H3,(H,16,18)(H,20,21). The zero-order valence-electron chi connectivity index (χ0n) is 11.7. The largest absolute Gasteiger partial charge is 0.481 e. The number of aromatic nitrogens is 2. The summed E-state index contributed by atoms with van der Waals surface area (Å²) in [5.74, 6) is -2.37. The van der Waals surface area contributed by atoms with Crippen molar-refractivity contribution in [2.24, 2.45) is 5.92 Å². The second-order valence-electron chi connectivity index (χ2n) is 4.86. The van der Waals surface area contributed by atoms with Crippen LogP contribution in [0.15, 0.2) is 29.3 Å². The van der Waals surface area contributed by atoms with E-state index in [4.69, 9.17) is 5.11 Å². The molecule has 2 aromatic heterocycles. The first-order chi connectivity index (χ1) is 9.90. The molecule has 1 unspecified atom stereocenters. The lowest BCUT2D eigenvalue weighted by atomic mass is 10.2. The van der Waals surface area contributed by atoms with E-state index in [1.807, 2.05) is 6.92 Å². The highest BCUT2D eigenvalue weighted by Crippen LogP contribution is 2.02. The molecule has 2 aromatic rings. The fourth-order valence-corrected chi connectivity index (χ4v) is 1.76. The van der Waals surface area contributed by atoms with E-state index in [9.17, 15) is 14.4 Å². The van der Waals surface area contributed by atoms with Gasteiger partial charge in [0.05, 0.1) is 5.92 Å². The number of aryl methyl sites for hydroxylation is 1. The molecule has 1 amide bonds. The summed E-state index contributed by atoms with van der Waals surface area (Å²) in [6.07, 6.45) is 2.76. The Balaban J connectivity index is 2.28. The number of pyridine rings is 1. The molecular formula is C14H15N3O4. The first-order valence-electron chi connectivity index (χ1n) is 6.39. The number of rotatable bonds is 4. The quantitative estimate of drug-likeness (QED) is 0.851. The van der Waals surface area contributed by atoms with E-state index in [0.717, 1.165) is 5.56 Å². The molecule has 7 heteroatoms. The lowest BCUT2D eigenvalue weighted by Crippen LogP contribution is -2.35. The van der Waals surface area contributed by atoms with Gasteiger partial charge in [0, 0.05) is 18.9 Å². The molecule has 0 saturated carbocycles. The SMILES string of the molecule is Cc1ccn2c(=O)c(C(=O)NCC(C)C(=O)O)cnc2c1. The second-order valence-corrected chi connectivity index (χ2v) is 4.86. The molecule has 0 aromatic carbocycles. The maximum Gasteiger partial charge on any atom is 0.308 e. The van der Waals surface area contributed by atoms with Crippen molar-refractivity contribution >= 4 is 17.5 Å². The van der Waals surface area contributed by atoms with Crippen molar-refractivity contribution in [2.45, 2.75) is 13.8 Å². The number of nitrogens with zero attached hydrogens (tertiary/aromatic N) is 2. The van der Waals surface area contributed by atoms with Crippen LogP contribution in [0.2, 0.25) is 0 Å². The van der Waals surface area contributed by atoms with Crippen molar-refractivity contribution in [3.8, 4) is 0 Å². The molecule has 2 heterocycles. The van der Waals surface area contributed by atoms with Crippen LogP contribution in [0.5, 0.6) is 0 Å². The van der Waals surface area contributed by atoms with Gasteiger partial charge < -0.3 is 10.4 Å². The molecule has 0 spiro atoms. The summed E-state index contributed by atoms with van der Waals surface area (Å²) in [5.41, 5.74) is 0.805. The number of carbonyl (C=O) groups is 2. The molecule has 0 aliphatic carbocycles. The first kappa shape index (κ1) is 14.7. The number of nitrogens with one attached hydrogen (secondary N) is 1. The van der Waals surface area contributed by atoms with Crippen LogP contribution in [0.4, 0.5) is 0 Å². The zero-order valence-corrected chi connectivity index (χ0v) is 11.7.